The SMILES string of the molecule is COc1ccc2c(C)c(CCC(=O)NCCc3ccc(OC(C)C)cc3)c(=O)oc2c1. The minimum absolute atomic E-state index is 0.0895. The predicted molar refractivity (Wildman–Crippen MR) is 121 cm³/mol. The van der Waals surface area contributed by atoms with E-state index in [1.807, 2.05) is 57.2 Å². The van der Waals surface area contributed by atoms with E-state index < -0.39 is 5.63 Å². The van der Waals surface area contributed by atoms with Crippen molar-refractivity contribution in [1.82, 2.24) is 5.32 Å². The third-order valence-electron chi connectivity index (χ3n) is 5.13. The molecule has 3 rings (SSSR count). The van der Waals surface area contributed by atoms with Gasteiger partial charge in [0.05, 0.1) is 13.2 Å². The van der Waals surface area contributed by atoms with Crippen molar-refractivity contribution in [2.45, 2.75) is 46.1 Å². The summed E-state index contributed by atoms with van der Waals surface area (Å²) >= 11 is 0. The molecular formula is C25H29NO5. The molecule has 0 saturated heterocycles. The lowest BCUT2D eigenvalue weighted by atomic mass is 10.0. The molecule has 1 amide bonds. The van der Waals surface area contributed by atoms with Gasteiger partial charge in [-0.05, 0) is 69.0 Å². The van der Waals surface area contributed by atoms with Crippen LogP contribution in [0.3, 0.4) is 0 Å². The molecule has 0 aliphatic rings. The highest BCUT2D eigenvalue weighted by atomic mass is 16.5. The molecule has 3 aromatic rings. The fraction of sp³-hybridized carbons (Fsp3) is 0.360. The first-order valence-corrected chi connectivity index (χ1v) is 10.5. The molecule has 1 N–H and O–H groups in total. The van der Waals surface area contributed by atoms with Crippen LogP contribution in [0.4, 0.5) is 0 Å². The molecule has 1 aromatic heterocycles. The molecule has 6 heteroatoms. The number of carbonyl (C=O) groups excluding carboxylic acids is 1. The van der Waals surface area contributed by atoms with Gasteiger partial charge in [-0.15, -0.1) is 0 Å². The maximum Gasteiger partial charge on any atom is 0.339 e. The van der Waals surface area contributed by atoms with Crippen LogP contribution in [0.25, 0.3) is 11.0 Å². The van der Waals surface area contributed by atoms with Crippen LogP contribution >= 0.6 is 0 Å². The standard InChI is InChI=1S/C25H29NO5/c1-16(2)30-19-7-5-18(6-8-19)13-14-26-24(27)12-11-22-17(3)21-10-9-20(29-4)15-23(21)31-25(22)28/h5-10,15-16H,11-14H2,1-4H3,(H,26,27). The van der Waals surface area contributed by atoms with E-state index in [0.29, 0.717) is 29.9 Å². The van der Waals surface area contributed by atoms with Crippen LogP contribution in [0.5, 0.6) is 11.5 Å². The second-order valence-corrected chi connectivity index (χ2v) is 7.77. The molecule has 0 unspecified atom stereocenters. The Kier molecular flexibility index (Phi) is 7.34. The van der Waals surface area contributed by atoms with Gasteiger partial charge in [0, 0.05) is 30.0 Å². The molecular weight excluding hydrogens is 394 g/mol. The average molecular weight is 424 g/mol. The van der Waals surface area contributed by atoms with Gasteiger partial charge in [0.25, 0.3) is 0 Å². The lowest BCUT2D eigenvalue weighted by Crippen LogP contribution is -2.26. The number of carbonyl (C=O) groups is 1. The molecule has 2 aromatic carbocycles. The third kappa shape index (κ3) is 5.87. The molecule has 0 aliphatic carbocycles. The van der Waals surface area contributed by atoms with Gasteiger partial charge in [0.2, 0.25) is 5.91 Å². The highest BCUT2D eigenvalue weighted by Gasteiger charge is 2.13. The Bertz CT molecular complexity index is 1100. The van der Waals surface area contributed by atoms with Crippen LogP contribution < -0.4 is 20.4 Å². The van der Waals surface area contributed by atoms with Crippen molar-refractivity contribution in [3.8, 4) is 11.5 Å². The summed E-state index contributed by atoms with van der Waals surface area (Å²) in [5, 5.41) is 3.77. The maximum atomic E-state index is 12.4. The Labute approximate surface area is 182 Å². The van der Waals surface area contributed by atoms with Crippen LogP contribution in [0.1, 0.15) is 37.0 Å². The number of ether oxygens (including phenoxy) is 2. The molecule has 164 valence electrons. The lowest BCUT2D eigenvalue weighted by Gasteiger charge is -2.11. The van der Waals surface area contributed by atoms with Crippen molar-refractivity contribution in [2.24, 2.45) is 0 Å². The smallest absolute Gasteiger partial charge is 0.339 e. The summed E-state index contributed by atoms with van der Waals surface area (Å²) in [7, 11) is 1.56. The van der Waals surface area contributed by atoms with Crippen molar-refractivity contribution >= 4 is 16.9 Å². The van der Waals surface area contributed by atoms with Gasteiger partial charge < -0.3 is 19.2 Å². The topological polar surface area (TPSA) is 77.8 Å². The minimum Gasteiger partial charge on any atom is -0.497 e. The molecule has 0 saturated carbocycles. The number of benzene rings is 2. The van der Waals surface area contributed by atoms with E-state index in [-0.39, 0.29) is 18.4 Å². The summed E-state index contributed by atoms with van der Waals surface area (Å²) < 4.78 is 16.3. The highest BCUT2D eigenvalue weighted by molar-refractivity contribution is 5.82. The number of amides is 1. The molecule has 0 aliphatic heterocycles. The van der Waals surface area contributed by atoms with E-state index in [1.54, 1.807) is 13.2 Å². The molecule has 0 atom stereocenters. The largest absolute Gasteiger partial charge is 0.497 e. The third-order valence-corrected chi connectivity index (χ3v) is 5.13. The Balaban J connectivity index is 1.53. The van der Waals surface area contributed by atoms with Crippen molar-refractivity contribution in [2.75, 3.05) is 13.7 Å². The van der Waals surface area contributed by atoms with Gasteiger partial charge in [0.15, 0.2) is 0 Å². The fourth-order valence-corrected chi connectivity index (χ4v) is 3.47. The predicted octanol–water partition coefficient (Wildman–Crippen LogP) is 4.19. The summed E-state index contributed by atoms with van der Waals surface area (Å²) in [6, 6.07) is 13.3. The van der Waals surface area contributed by atoms with E-state index in [0.717, 1.165) is 28.7 Å². The first kappa shape index (κ1) is 22.4. The second-order valence-electron chi connectivity index (χ2n) is 7.77. The normalized spacial score (nSPS) is 11.0. The van der Waals surface area contributed by atoms with Crippen LogP contribution in [0, 0.1) is 6.92 Å². The van der Waals surface area contributed by atoms with Gasteiger partial charge >= 0.3 is 5.63 Å². The van der Waals surface area contributed by atoms with Crippen molar-refractivity contribution < 1.29 is 18.7 Å². The summed E-state index contributed by atoms with van der Waals surface area (Å²) in [6.07, 6.45) is 1.44. The molecule has 0 bridgehead atoms. The molecule has 1 heterocycles. The number of aryl methyl sites for hydroxylation is 1. The zero-order valence-electron chi connectivity index (χ0n) is 18.5. The Morgan fingerprint density at radius 2 is 1.77 bits per heavy atom. The number of methoxy groups -OCH3 is 1. The molecule has 0 spiro atoms. The number of fused-ring (bicyclic) bond motifs is 1. The zero-order valence-corrected chi connectivity index (χ0v) is 18.5. The van der Waals surface area contributed by atoms with Crippen molar-refractivity contribution in [3.63, 3.8) is 0 Å². The summed E-state index contributed by atoms with van der Waals surface area (Å²) in [4.78, 5) is 24.7. The van der Waals surface area contributed by atoms with Crippen LogP contribution in [0.2, 0.25) is 0 Å². The first-order chi connectivity index (χ1) is 14.9. The number of hydrogen-bond donors (Lipinski definition) is 1. The highest BCUT2D eigenvalue weighted by Crippen LogP contribution is 2.24. The molecule has 31 heavy (non-hydrogen) atoms. The summed E-state index contributed by atoms with van der Waals surface area (Å²) in [6.45, 7) is 6.40. The van der Waals surface area contributed by atoms with Crippen LogP contribution in [-0.4, -0.2) is 25.7 Å². The average Bonchev–Trinajstić information content (AvgIpc) is 2.74. The van der Waals surface area contributed by atoms with Gasteiger partial charge in [-0.3, -0.25) is 4.79 Å². The number of rotatable bonds is 9. The van der Waals surface area contributed by atoms with Gasteiger partial charge in [-0.25, -0.2) is 4.79 Å². The minimum atomic E-state index is -0.408. The lowest BCUT2D eigenvalue weighted by molar-refractivity contribution is -0.121. The summed E-state index contributed by atoms with van der Waals surface area (Å²) in [5.41, 5.74) is 2.58. The van der Waals surface area contributed by atoms with Crippen LogP contribution in [0.15, 0.2) is 51.7 Å². The van der Waals surface area contributed by atoms with E-state index in [9.17, 15) is 9.59 Å². The Morgan fingerprint density at radius 3 is 2.45 bits per heavy atom. The van der Waals surface area contributed by atoms with E-state index in [2.05, 4.69) is 5.32 Å². The maximum absolute atomic E-state index is 12.4. The quantitative estimate of drug-likeness (QED) is 0.522. The van der Waals surface area contributed by atoms with E-state index in [1.165, 1.54) is 0 Å². The van der Waals surface area contributed by atoms with E-state index in [4.69, 9.17) is 13.9 Å². The Hall–Kier alpha value is -3.28. The first-order valence-electron chi connectivity index (χ1n) is 10.5. The van der Waals surface area contributed by atoms with Crippen LogP contribution in [-0.2, 0) is 17.6 Å². The van der Waals surface area contributed by atoms with Gasteiger partial charge in [-0.2, -0.15) is 0 Å². The van der Waals surface area contributed by atoms with Gasteiger partial charge in [-0.1, -0.05) is 12.1 Å². The van der Waals surface area contributed by atoms with E-state index >= 15 is 0 Å². The van der Waals surface area contributed by atoms with Crippen molar-refractivity contribution in [1.29, 1.82) is 0 Å². The second kappa shape index (κ2) is 10.2. The molecule has 0 fully saturated rings. The summed E-state index contributed by atoms with van der Waals surface area (Å²) in [5.74, 6) is 1.38. The fourth-order valence-electron chi connectivity index (χ4n) is 3.47. The number of hydrogen-bond acceptors (Lipinski definition) is 5. The monoisotopic (exact) mass is 423 g/mol. The Morgan fingerprint density at radius 1 is 1.06 bits per heavy atom. The molecule has 0 radical (unpaired) electrons. The number of nitrogens with one attached hydrogen (secondary N) is 1. The zero-order chi connectivity index (χ0) is 22.4. The molecule has 6 nitrogen and oxygen atoms in total. The van der Waals surface area contributed by atoms with Crippen molar-refractivity contribution in [3.05, 3.63) is 69.6 Å². The van der Waals surface area contributed by atoms with Gasteiger partial charge in [0.1, 0.15) is 17.1 Å².